The van der Waals surface area contributed by atoms with Gasteiger partial charge < -0.3 is 15.4 Å². The number of nitrogens with zero attached hydrogens (tertiary/aromatic N) is 1. The molecule has 1 aliphatic heterocycles. The first-order valence-corrected chi connectivity index (χ1v) is 12.3. The van der Waals surface area contributed by atoms with Crippen LogP contribution in [0.2, 0.25) is 0 Å². The predicted octanol–water partition coefficient (Wildman–Crippen LogP) is 3.58. The van der Waals surface area contributed by atoms with Crippen molar-refractivity contribution in [3.8, 4) is 0 Å². The smallest absolute Gasteiger partial charge is 0.341 e. The van der Waals surface area contributed by atoms with Crippen LogP contribution in [0.1, 0.15) is 57.9 Å². The highest BCUT2D eigenvalue weighted by atomic mass is 32.1. The number of rotatable bonds is 6. The molecular formula is C22H25N3O5S2. The van der Waals surface area contributed by atoms with E-state index in [9.17, 15) is 19.2 Å². The molecule has 2 N–H and O–H groups in total. The molecule has 170 valence electrons. The predicted molar refractivity (Wildman–Crippen MR) is 122 cm³/mol. The van der Waals surface area contributed by atoms with Crippen molar-refractivity contribution < 1.29 is 23.9 Å². The third kappa shape index (κ3) is 3.61. The Morgan fingerprint density at radius 3 is 2.81 bits per heavy atom. The van der Waals surface area contributed by atoms with Crippen LogP contribution in [-0.4, -0.2) is 41.9 Å². The van der Waals surface area contributed by atoms with E-state index >= 15 is 0 Å². The van der Waals surface area contributed by atoms with E-state index in [0.717, 1.165) is 38.6 Å². The van der Waals surface area contributed by atoms with Crippen molar-refractivity contribution in [2.45, 2.75) is 52.0 Å². The van der Waals surface area contributed by atoms with Crippen molar-refractivity contribution in [1.82, 2.24) is 10.2 Å². The highest BCUT2D eigenvalue weighted by Crippen LogP contribution is 2.42. The molecular weight excluding hydrogens is 450 g/mol. The number of anilines is 1. The minimum absolute atomic E-state index is 0.222. The topological polar surface area (TPSA) is 105 Å². The zero-order valence-corrected chi connectivity index (χ0v) is 19.8. The molecule has 0 bridgehead atoms. The van der Waals surface area contributed by atoms with Crippen LogP contribution in [0.3, 0.4) is 0 Å². The van der Waals surface area contributed by atoms with E-state index in [-0.39, 0.29) is 6.61 Å². The van der Waals surface area contributed by atoms with E-state index in [0.29, 0.717) is 23.4 Å². The molecule has 0 saturated carbocycles. The fourth-order valence-corrected chi connectivity index (χ4v) is 6.66. The lowest BCUT2D eigenvalue weighted by molar-refractivity contribution is -0.134. The number of nitrogens with one attached hydrogen (secondary N) is 2. The Hall–Kier alpha value is -2.72. The maximum absolute atomic E-state index is 13.3. The fraction of sp³-hybridized carbons (Fsp3) is 0.455. The zero-order chi connectivity index (χ0) is 23.0. The molecule has 1 aliphatic carbocycles. The van der Waals surface area contributed by atoms with Crippen LogP contribution < -0.4 is 10.6 Å². The molecule has 1 atom stereocenters. The molecule has 32 heavy (non-hydrogen) atoms. The van der Waals surface area contributed by atoms with Crippen molar-refractivity contribution in [2.24, 2.45) is 0 Å². The van der Waals surface area contributed by atoms with Crippen molar-refractivity contribution in [3.63, 3.8) is 0 Å². The first kappa shape index (κ1) is 22.5. The summed E-state index contributed by atoms with van der Waals surface area (Å²) in [5, 5.41) is 7.87. The molecule has 1 saturated heterocycles. The lowest BCUT2D eigenvalue weighted by Gasteiger charge is -2.31. The largest absolute Gasteiger partial charge is 0.462 e. The first-order valence-electron chi connectivity index (χ1n) is 10.6. The number of esters is 1. The Morgan fingerprint density at radius 2 is 2.09 bits per heavy atom. The summed E-state index contributed by atoms with van der Waals surface area (Å²) in [6.07, 6.45) is 2.80. The lowest BCUT2D eigenvalue weighted by Crippen LogP contribution is -2.46. The molecule has 0 aromatic carbocycles. The zero-order valence-electron chi connectivity index (χ0n) is 18.2. The summed E-state index contributed by atoms with van der Waals surface area (Å²) < 4.78 is 5.16. The minimum Gasteiger partial charge on any atom is -0.462 e. The average molecular weight is 476 g/mol. The SMILES string of the molecule is CCOC(=O)c1c(NC(=O)CN2C(=O)N[C@@]3(CCCc4sccc43)C2=O)sc(C)c1CC. The van der Waals surface area contributed by atoms with Gasteiger partial charge in [-0.25, -0.2) is 9.59 Å². The first-order chi connectivity index (χ1) is 15.3. The number of carbonyl (C=O) groups is 4. The molecule has 2 aliphatic rings. The van der Waals surface area contributed by atoms with Gasteiger partial charge in [0.05, 0.1) is 12.2 Å². The Labute approximate surface area is 193 Å². The minimum atomic E-state index is -1.09. The average Bonchev–Trinajstić information content (AvgIpc) is 3.41. The van der Waals surface area contributed by atoms with Crippen LogP contribution in [-0.2, 0) is 32.7 Å². The van der Waals surface area contributed by atoms with Crippen LogP contribution >= 0.6 is 22.7 Å². The summed E-state index contributed by atoms with van der Waals surface area (Å²) in [6, 6.07) is 1.30. The van der Waals surface area contributed by atoms with Crippen molar-refractivity contribution in [2.75, 3.05) is 18.5 Å². The molecule has 1 spiro atoms. The number of aryl methyl sites for hydroxylation is 2. The van der Waals surface area contributed by atoms with Gasteiger partial charge in [0.15, 0.2) is 0 Å². The van der Waals surface area contributed by atoms with Crippen LogP contribution in [0.15, 0.2) is 11.4 Å². The molecule has 4 rings (SSSR count). The normalized spacial score (nSPS) is 19.8. The number of urea groups is 1. The number of hydrogen-bond acceptors (Lipinski definition) is 7. The van der Waals surface area contributed by atoms with Crippen molar-refractivity contribution >= 4 is 51.5 Å². The highest BCUT2D eigenvalue weighted by Gasteiger charge is 2.54. The molecule has 3 heterocycles. The molecule has 2 aromatic heterocycles. The number of thiophene rings is 2. The van der Waals surface area contributed by atoms with Gasteiger partial charge in [0, 0.05) is 15.3 Å². The van der Waals surface area contributed by atoms with Crippen LogP contribution in [0, 0.1) is 6.92 Å². The quantitative estimate of drug-likeness (QED) is 0.491. The second kappa shape index (κ2) is 8.67. The molecule has 8 nitrogen and oxygen atoms in total. The lowest BCUT2D eigenvalue weighted by atomic mass is 9.80. The summed E-state index contributed by atoms with van der Waals surface area (Å²) in [5.74, 6) is -1.44. The molecule has 1 fully saturated rings. The molecule has 4 amide bonds. The standard InChI is InChI=1S/C22H25N3O5S2/c1-4-13-12(3)32-18(17(13)19(27)30-5-2)23-16(26)11-25-20(28)22(24-21(25)29)9-6-7-15-14(22)8-10-31-15/h8,10H,4-7,9,11H2,1-3H3,(H,23,26)(H,24,29)/t22-/m1/s1. The second-order valence-electron chi connectivity index (χ2n) is 7.80. The summed E-state index contributed by atoms with van der Waals surface area (Å²) in [6.45, 7) is 5.33. The number of carbonyl (C=O) groups excluding carboxylic acids is 4. The van der Waals surface area contributed by atoms with E-state index in [2.05, 4.69) is 10.6 Å². The van der Waals surface area contributed by atoms with Crippen LogP contribution in [0.5, 0.6) is 0 Å². The van der Waals surface area contributed by atoms with E-state index in [1.807, 2.05) is 25.3 Å². The van der Waals surface area contributed by atoms with E-state index in [1.165, 1.54) is 11.3 Å². The van der Waals surface area contributed by atoms with E-state index in [1.54, 1.807) is 18.3 Å². The Kier molecular flexibility index (Phi) is 6.09. The van der Waals surface area contributed by atoms with Crippen molar-refractivity contribution in [1.29, 1.82) is 0 Å². The van der Waals surface area contributed by atoms with Gasteiger partial charge in [0.2, 0.25) is 5.91 Å². The van der Waals surface area contributed by atoms with Gasteiger partial charge >= 0.3 is 12.0 Å². The third-order valence-corrected chi connectivity index (χ3v) is 7.98. The van der Waals surface area contributed by atoms with Crippen LogP contribution in [0.25, 0.3) is 0 Å². The molecule has 10 heteroatoms. The van der Waals surface area contributed by atoms with Gasteiger partial charge in [0.1, 0.15) is 17.1 Å². The van der Waals surface area contributed by atoms with Gasteiger partial charge in [-0.05, 0) is 56.5 Å². The van der Waals surface area contributed by atoms with Gasteiger partial charge in [-0.1, -0.05) is 6.92 Å². The highest BCUT2D eigenvalue weighted by molar-refractivity contribution is 7.16. The number of amides is 4. The van der Waals surface area contributed by atoms with E-state index in [4.69, 9.17) is 4.74 Å². The van der Waals surface area contributed by atoms with Gasteiger partial charge in [-0.2, -0.15) is 0 Å². The summed E-state index contributed by atoms with van der Waals surface area (Å²) in [4.78, 5) is 54.3. The maximum Gasteiger partial charge on any atom is 0.341 e. The number of fused-ring (bicyclic) bond motifs is 2. The summed E-state index contributed by atoms with van der Waals surface area (Å²) in [7, 11) is 0. The van der Waals surface area contributed by atoms with Gasteiger partial charge in [0.25, 0.3) is 5.91 Å². The van der Waals surface area contributed by atoms with Crippen LogP contribution in [0.4, 0.5) is 9.80 Å². The molecule has 0 radical (unpaired) electrons. The number of hydrogen-bond donors (Lipinski definition) is 2. The monoisotopic (exact) mass is 475 g/mol. The number of ether oxygens (including phenoxy) is 1. The Morgan fingerprint density at radius 1 is 1.31 bits per heavy atom. The van der Waals surface area contributed by atoms with Crippen molar-refractivity contribution in [3.05, 3.63) is 37.9 Å². The Bertz CT molecular complexity index is 1110. The van der Waals surface area contributed by atoms with Gasteiger partial charge in [-0.3, -0.25) is 14.5 Å². The maximum atomic E-state index is 13.3. The number of imide groups is 1. The van der Waals surface area contributed by atoms with E-state index < -0.39 is 35.9 Å². The third-order valence-electron chi connectivity index (χ3n) is 5.93. The summed E-state index contributed by atoms with van der Waals surface area (Å²) >= 11 is 2.86. The molecule has 0 unspecified atom stereocenters. The van der Waals surface area contributed by atoms with Gasteiger partial charge in [-0.15, -0.1) is 22.7 Å². The molecule has 2 aromatic rings. The Balaban J connectivity index is 1.54. The summed E-state index contributed by atoms with van der Waals surface area (Å²) in [5.41, 5.74) is 0.913. The fourth-order valence-electron chi connectivity index (χ4n) is 4.51. The second-order valence-corrected chi connectivity index (χ2v) is 10.0.